The second kappa shape index (κ2) is 8.19. The summed E-state index contributed by atoms with van der Waals surface area (Å²) in [6.45, 7) is 9.55. The van der Waals surface area contributed by atoms with Gasteiger partial charge in [0, 0.05) is 12.1 Å². The minimum Gasteiger partial charge on any atom is -0.311 e. The van der Waals surface area contributed by atoms with Crippen molar-refractivity contribution in [3.05, 3.63) is 0 Å². The van der Waals surface area contributed by atoms with E-state index in [1.807, 2.05) is 0 Å². The standard InChI is InChI=1S/C17H35N/c1-5-6-7-8-9-12-15(2)18-16-13-10-11-14-17(16,3)4/h15-16,18H,5-14H2,1-4H3. The van der Waals surface area contributed by atoms with Crippen LogP contribution in [0.1, 0.15) is 91.9 Å². The molecular formula is C17H35N. The maximum absolute atomic E-state index is 3.90. The molecule has 1 aliphatic rings. The van der Waals surface area contributed by atoms with Crippen molar-refractivity contribution < 1.29 is 0 Å². The van der Waals surface area contributed by atoms with Crippen LogP contribution in [-0.2, 0) is 0 Å². The van der Waals surface area contributed by atoms with Crippen LogP contribution in [0.5, 0.6) is 0 Å². The zero-order chi connectivity index (χ0) is 13.4. The van der Waals surface area contributed by atoms with Crippen molar-refractivity contribution in [2.45, 2.75) is 104 Å². The Balaban J connectivity index is 2.16. The summed E-state index contributed by atoms with van der Waals surface area (Å²) in [5, 5.41) is 3.90. The van der Waals surface area contributed by atoms with Crippen molar-refractivity contribution in [1.29, 1.82) is 0 Å². The Labute approximate surface area is 115 Å². The van der Waals surface area contributed by atoms with E-state index in [2.05, 4.69) is 33.0 Å². The molecule has 1 heteroatoms. The van der Waals surface area contributed by atoms with E-state index < -0.39 is 0 Å². The van der Waals surface area contributed by atoms with E-state index in [0.29, 0.717) is 11.5 Å². The molecule has 0 spiro atoms. The SMILES string of the molecule is CCCCCCCC(C)NC1CCCCC1(C)C. The van der Waals surface area contributed by atoms with Gasteiger partial charge in [0.15, 0.2) is 0 Å². The maximum atomic E-state index is 3.90. The first-order valence-corrected chi connectivity index (χ1v) is 8.32. The van der Waals surface area contributed by atoms with Gasteiger partial charge < -0.3 is 5.32 Å². The van der Waals surface area contributed by atoms with Crippen LogP contribution in [0.4, 0.5) is 0 Å². The molecule has 0 aromatic rings. The largest absolute Gasteiger partial charge is 0.311 e. The van der Waals surface area contributed by atoms with E-state index in [4.69, 9.17) is 0 Å². The lowest BCUT2D eigenvalue weighted by Crippen LogP contribution is -2.47. The van der Waals surface area contributed by atoms with Crippen LogP contribution in [-0.4, -0.2) is 12.1 Å². The molecule has 1 fully saturated rings. The average Bonchev–Trinajstić information content (AvgIpc) is 2.31. The van der Waals surface area contributed by atoms with Gasteiger partial charge >= 0.3 is 0 Å². The second-order valence-electron chi connectivity index (χ2n) is 7.06. The fourth-order valence-corrected chi connectivity index (χ4v) is 3.28. The van der Waals surface area contributed by atoms with E-state index in [-0.39, 0.29) is 0 Å². The normalized spacial score (nSPS) is 25.0. The Morgan fingerprint density at radius 3 is 2.50 bits per heavy atom. The minimum absolute atomic E-state index is 0.509. The molecule has 1 nitrogen and oxygen atoms in total. The lowest BCUT2D eigenvalue weighted by atomic mass is 9.73. The molecular weight excluding hydrogens is 218 g/mol. The number of hydrogen-bond acceptors (Lipinski definition) is 1. The summed E-state index contributed by atoms with van der Waals surface area (Å²) in [7, 11) is 0. The van der Waals surface area contributed by atoms with Crippen LogP contribution in [0.3, 0.4) is 0 Å². The molecule has 0 aliphatic heterocycles. The number of rotatable bonds is 8. The van der Waals surface area contributed by atoms with Crippen molar-refractivity contribution in [3.8, 4) is 0 Å². The van der Waals surface area contributed by atoms with Gasteiger partial charge in [-0.05, 0) is 31.6 Å². The van der Waals surface area contributed by atoms with Gasteiger partial charge in [0.1, 0.15) is 0 Å². The first-order valence-electron chi connectivity index (χ1n) is 8.32. The Hall–Kier alpha value is -0.0400. The Kier molecular flexibility index (Phi) is 7.29. The third-order valence-corrected chi connectivity index (χ3v) is 4.73. The van der Waals surface area contributed by atoms with Gasteiger partial charge in [-0.15, -0.1) is 0 Å². The monoisotopic (exact) mass is 253 g/mol. The Bertz CT molecular complexity index is 210. The second-order valence-corrected chi connectivity index (χ2v) is 7.06. The molecule has 0 saturated heterocycles. The van der Waals surface area contributed by atoms with E-state index in [1.54, 1.807) is 0 Å². The third kappa shape index (κ3) is 5.73. The summed E-state index contributed by atoms with van der Waals surface area (Å²) in [5.41, 5.74) is 0.509. The highest BCUT2D eigenvalue weighted by Crippen LogP contribution is 2.35. The molecule has 1 N–H and O–H groups in total. The number of nitrogens with one attached hydrogen (secondary N) is 1. The minimum atomic E-state index is 0.509. The molecule has 1 aliphatic carbocycles. The smallest absolute Gasteiger partial charge is 0.0121 e. The molecule has 108 valence electrons. The van der Waals surface area contributed by atoms with Crippen molar-refractivity contribution >= 4 is 0 Å². The quantitative estimate of drug-likeness (QED) is 0.579. The van der Waals surface area contributed by atoms with E-state index in [9.17, 15) is 0 Å². The fraction of sp³-hybridized carbons (Fsp3) is 1.00. The zero-order valence-electron chi connectivity index (χ0n) is 13.2. The third-order valence-electron chi connectivity index (χ3n) is 4.73. The van der Waals surface area contributed by atoms with Crippen LogP contribution in [0.15, 0.2) is 0 Å². The van der Waals surface area contributed by atoms with Gasteiger partial charge in [-0.1, -0.05) is 65.7 Å². The van der Waals surface area contributed by atoms with Gasteiger partial charge in [0.2, 0.25) is 0 Å². The lowest BCUT2D eigenvalue weighted by Gasteiger charge is -2.40. The Morgan fingerprint density at radius 2 is 1.83 bits per heavy atom. The average molecular weight is 253 g/mol. The predicted octanol–water partition coefficient (Wildman–Crippen LogP) is 5.29. The number of unbranched alkanes of at least 4 members (excludes halogenated alkanes) is 4. The first-order chi connectivity index (χ1) is 8.56. The number of hydrogen-bond donors (Lipinski definition) is 1. The van der Waals surface area contributed by atoms with Crippen molar-refractivity contribution in [2.75, 3.05) is 0 Å². The van der Waals surface area contributed by atoms with Crippen LogP contribution in [0.2, 0.25) is 0 Å². The summed E-state index contributed by atoms with van der Waals surface area (Å²) in [4.78, 5) is 0. The highest BCUT2D eigenvalue weighted by atomic mass is 15.0. The molecule has 2 unspecified atom stereocenters. The molecule has 0 bridgehead atoms. The van der Waals surface area contributed by atoms with Crippen LogP contribution in [0.25, 0.3) is 0 Å². The van der Waals surface area contributed by atoms with Gasteiger partial charge in [0.25, 0.3) is 0 Å². The van der Waals surface area contributed by atoms with Crippen LogP contribution >= 0.6 is 0 Å². The van der Waals surface area contributed by atoms with Gasteiger partial charge in [-0.25, -0.2) is 0 Å². The zero-order valence-corrected chi connectivity index (χ0v) is 13.2. The molecule has 1 saturated carbocycles. The molecule has 0 radical (unpaired) electrons. The molecule has 2 atom stereocenters. The van der Waals surface area contributed by atoms with E-state index >= 15 is 0 Å². The summed E-state index contributed by atoms with van der Waals surface area (Å²) in [5.74, 6) is 0. The lowest BCUT2D eigenvalue weighted by molar-refractivity contribution is 0.155. The Morgan fingerprint density at radius 1 is 1.11 bits per heavy atom. The summed E-state index contributed by atoms with van der Waals surface area (Å²) in [6.07, 6.45) is 14.0. The summed E-state index contributed by atoms with van der Waals surface area (Å²) >= 11 is 0. The highest BCUT2D eigenvalue weighted by Gasteiger charge is 2.32. The first kappa shape index (κ1) is 16.0. The van der Waals surface area contributed by atoms with Crippen molar-refractivity contribution in [2.24, 2.45) is 5.41 Å². The molecule has 18 heavy (non-hydrogen) atoms. The molecule has 0 aromatic heterocycles. The van der Waals surface area contributed by atoms with Gasteiger partial charge in [0.05, 0.1) is 0 Å². The van der Waals surface area contributed by atoms with Gasteiger partial charge in [-0.2, -0.15) is 0 Å². The molecule has 0 aromatic carbocycles. The molecule has 0 heterocycles. The topological polar surface area (TPSA) is 12.0 Å². The van der Waals surface area contributed by atoms with E-state index in [1.165, 1.54) is 64.2 Å². The van der Waals surface area contributed by atoms with E-state index in [0.717, 1.165) is 6.04 Å². The summed E-state index contributed by atoms with van der Waals surface area (Å²) in [6, 6.07) is 1.45. The molecule has 1 rings (SSSR count). The predicted molar refractivity (Wildman–Crippen MR) is 82.0 cm³/mol. The summed E-state index contributed by atoms with van der Waals surface area (Å²) < 4.78 is 0. The fourth-order valence-electron chi connectivity index (χ4n) is 3.28. The van der Waals surface area contributed by atoms with Crippen LogP contribution in [0, 0.1) is 5.41 Å². The van der Waals surface area contributed by atoms with Crippen LogP contribution < -0.4 is 5.32 Å². The van der Waals surface area contributed by atoms with Crippen molar-refractivity contribution in [3.63, 3.8) is 0 Å². The van der Waals surface area contributed by atoms with Crippen molar-refractivity contribution in [1.82, 2.24) is 5.32 Å². The highest BCUT2D eigenvalue weighted by molar-refractivity contribution is 4.89. The molecule has 0 amide bonds. The van der Waals surface area contributed by atoms with Gasteiger partial charge in [-0.3, -0.25) is 0 Å². The maximum Gasteiger partial charge on any atom is 0.0121 e.